The molecule has 1 amide bonds. The Morgan fingerprint density at radius 1 is 1.11 bits per heavy atom. The molecule has 0 saturated carbocycles. The standard InChI is InChI=1S/C23H31N3O8S/c1-16-21(31-12-2-3-17-8-10-26(11-9-17)23(27)28)24-15-25-22(16)34-20-6-4-18(5-7-20)19-13-32-35(29,30)33-14-19/h4-7,15,17,19,29-30H,2-3,8-14H2,1H3,(H,27,28). The monoisotopic (exact) mass is 509 g/mol. The summed E-state index contributed by atoms with van der Waals surface area (Å²) < 4.78 is 40.5. The molecule has 0 aliphatic carbocycles. The minimum Gasteiger partial charge on any atom is -0.477 e. The second-order valence-corrected chi connectivity index (χ2v) is 10.1. The van der Waals surface area contributed by atoms with E-state index in [1.807, 2.05) is 19.1 Å². The van der Waals surface area contributed by atoms with Gasteiger partial charge in [-0.1, -0.05) is 12.1 Å². The summed E-state index contributed by atoms with van der Waals surface area (Å²) in [5.74, 6) is 1.89. The molecule has 3 N–H and O–H groups in total. The Labute approximate surface area is 205 Å². The fourth-order valence-electron chi connectivity index (χ4n) is 4.16. The fourth-order valence-corrected chi connectivity index (χ4v) is 4.91. The van der Waals surface area contributed by atoms with Crippen molar-refractivity contribution in [3.8, 4) is 17.5 Å². The van der Waals surface area contributed by atoms with Crippen molar-refractivity contribution < 1.29 is 36.8 Å². The van der Waals surface area contributed by atoms with E-state index in [-0.39, 0.29) is 19.1 Å². The quantitative estimate of drug-likeness (QED) is 0.423. The Bertz CT molecular complexity index is 989. The van der Waals surface area contributed by atoms with Crippen molar-refractivity contribution in [2.75, 3.05) is 32.9 Å². The van der Waals surface area contributed by atoms with E-state index in [0.29, 0.717) is 48.7 Å². The van der Waals surface area contributed by atoms with E-state index in [1.165, 1.54) is 11.2 Å². The third kappa shape index (κ3) is 6.95. The highest BCUT2D eigenvalue weighted by Gasteiger charge is 2.30. The van der Waals surface area contributed by atoms with Gasteiger partial charge in [-0.2, -0.15) is 0 Å². The van der Waals surface area contributed by atoms with Gasteiger partial charge in [0.25, 0.3) is 0 Å². The van der Waals surface area contributed by atoms with Crippen molar-refractivity contribution in [1.82, 2.24) is 14.9 Å². The summed E-state index contributed by atoms with van der Waals surface area (Å²) in [7, 11) is 0. The van der Waals surface area contributed by atoms with E-state index < -0.39 is 17.2 Å². The molecule has 192 valence electrons. The second-order valence-electron chi connectivity index (χ2n) is 8.70. The number of carbonyl (C=O) groups is 1. The Morgan fingerprint density at radius 3 is 2.43 bits per heavy atom. The maximum atomic E-state index is 11.0. The molecule has 2 fully saturated rings. The van der Waals surface area contributed by atoms with E-state index in [2.05, 4.69) is 9.97 Å². The number of ether oxygens (including phenoxy) is 2. The van der Waals surface area contributed by atoms with Crippen LogP contribution in [-0.2, 0) is 8.37 Å². The second kappa shape index (κ2) is 11.4. The van der Waals surface area contributed by atoms with Crippen molar-refractivity contribution >= 4 is 17.2 Å². The first-order valence-corrected chi connectivity index (χ1v) is 13.0. The number of benzene rings is 1. The van der Waals surface area contributed by atoms with E-state index >= 15 is 0 Å². The first-order valence-electron chi connectivity index (χ1n) is 11.6. The highest BCUT2D eigenvalue weighted by Crippen LogP contribution is 2.46. The lowest BCUT2D eigenvalue weighted by molar-refractivity contribution is 0.0917. The molecule has 2 saturated heterocycles. The Morgan fingerprint density at radius 2 is 1.77 bits per heavy atom. The summed E-state index contributed by atoms with van der Waals surface area (Å²) in [6, 6.07) is 7.36. The first kappa shape index (κ1) is 25.5. The first-order chi connectivity index (χ1) is 16.8. The summed E-state index contributed by atoms with van der Waals surface area (Å²) >= 11 is -3.37. The summed E-state index contributed by atoms with van der Waals surface area (Å²) in [4.78, 5) is 20.9. The van der Waals surface area contributed by atoms with E-state index in [9.17, 15) is 13.9 Å². The Balaban J connectivity index is 1.25. The largest absolute Gasteiger partial charge is 0.477 e. The van der Waals surface area contributed by atoms with Crippen LogP contribution in [0.1, 0.15) is 42.7 Å². The van der Waals surface area contributed by atoms with Gasteiger partial charge in [-0.3, -0.25) is 17.5 Å². The third-order valence-electron chi connectivity index (χ3n) is 6.28. The number of carboxylic acid groups (broad SMARTS) is 1. The van der Waals surface area contributed by atoms with Crippen LogP contribution in [0.2, 0.25) is 0 Å². The topological polar surface area (TPSA) is 144 Å². The highest BCUT2D eigenvalue weighted by molar-refractivity contribution is 8.16. The number of hydrogen-bond acceptors (Lipinski definition) is 9. The molecule has 12 heteroatoms. The normalized spacial score (nSPS) is 19.8. The van der Waals surface area contributed by atoms with Crippen LogP contribution in [0.15, 0.2) is 30.6 Å². The van der Waals surface area contributed by atoms with Crippen LogP contribution in [0.3, 0.4) is 0 Å². The molecule has 0 spiro atoms. The lowest BCUT2D eigenvalue weighted by Gasteiger charge is -2.33. The predicted molar refractivity (Wildman–Crippen MR) is 128 cm³/mol. The van der Waals surface area contributed by atoms with Crippen molar-refractivity contribution in [2.24, 2.45) is 5.92 Å². The average Bonchev–Trinajstić information content (AvgIpc) is 2.85. The van der Waals surface area contributed by atoms with Crippen LogP contribution < -0.4 is 9.47 Å². The smallest absolute Gasteiger partial charge is 0.407 e. The van der Waals surface area contributed by atoms with Gasteiger partial charge < -0.3 is 19.5 Å². The predicted octanol–water partition coefficient (Wildman–Crippen LogP) is 4.84. The van der Waals surface area contributed by atoms with Crippen molar-refractivity contribution in [1.29, 1.82) is 0 Å². The zero-order chi connectivity index (χ0) is 24.8. The Hall–Kier alpha value is -2.64. The maximum Gasteiger partial charge on any atom is 0.407 e. The molecule has 1 aromatic carbocycles. The van der Waals surface area contributed by atoms with Gasteiger partial charge in [0.1, 0.15) is 12.1 Å². The van der Waals surface area contributed by atoms with E-state index in [1.54, 1.807) is 12.1 Å². The summed E-state index contributed by atoms with van der Waals surface area (Å²) in [6.07, 6.45) is 4.20. The van der Waals surface area contributed by atoms with Gasteiger partial charge in [-0.25, -0.2) is 14.8 Å². The van der Waals surface area contributed by atoms with Gasteiger partial charge in [0.15, 0.2) is 0 Å². The zero-order valence-corrected chi connectivity index (χ0v) is 20.4. The van der Waals surface area contributed by atoms with Gasteiger partial charge >= 0.3 is 6.09 Å². The number of piperidine rings is 1. The molecule has 1 aromatic heterocycles. The van der Waals surface area contributed by atoms with Gasteiger partial charge in [0, 0.05) is 19.0 Å². The molecule has 0 radical (unpaired) electrons. The molecule has 2 aliphatic rings. The lowest BCUT2D eigenvalue weighted by Crippen LogP contribution is -2.37. The van der Waals surface area contributed by atoms with Gasteiger partial charge in [0.05, 0.1) is 25.4 Å². The molecule has 0 bridgehead atoms. The molecule has 0 unspecified atom stereocenters. The number of aromatic nitrogens is 2. The SMILES string of the molecule is Cc1c(OCCCC2CCN(C(=O)O)CC2)ncnc1Oc1ccc(C2COS(O)(O)OC2)cc1. The van der Waals surface area contributed by atoms with E-state index in [0.717, 1.165) is 31.2 Å². The van der Waals surface area contributed by atoms with Crippen LogP contribution in [-0.4, -0.2) is 68.1 Å². The van der Waals surface area contributed by atoms with Crippen LogP contribution in [0.5, 0.6) is 17.5 Å². The van der Waals surface area contributed by atoms with Crippen LogP contribution in [0.4, 0.5) is 4.79 Å². The summed E-state index contributed by atoms with van der Waals surface area (Å²) in [5, 5.41) is 9.05. The summed E-state index contributed by atoms with van der Waals surface area (Å²) in [5.41, 5.74) is 1.63. The molecule has 2 aliphatic heterocycles. The molecule has 0 atom stereocenters. The molecular formula is C23H31N3O8S. The van der Waals surface area contributed by atoms with Crippen molar-refractivity contribution in [2.45, 2.75) is 38.5 Å². The van der Waals surface area contributed by atoms with E-state index in [4.69, 9.17) is 22.9 Å². The average molecular weight is 510 g/mol. The van der Waals surface area contributed by atoms with Gasteiger partial charge in [-0.05, 0) is 56.2 Å². The molecule has 4 rings (SSSR count). The maximum absolute atomic E-state index is 11.0. The van der Waals surface area contributed by atoms with Crippen LogP contribution in [0, 0.1) is 12.8 Å². The minimum atomic E-state index is -3.37. The highest BCUT2D eigenvalue weighted by atomic mass is 32.3. The molecule has 35 heavy (non-hydrogen) atoms. The third-order valence-corrected chi connectivity index (χ3v) is 7.17. The number of hydrogen-bond donors (Lipinski definition) is 3. The molecule has 3 heterocycles. The number of amides is 1. The number of rotatable bonds is 8. The minimum absolute atomic E-state index is 0.102. The van der Waals surface area contributed by atoms with Gasteiger partial charge in [-0.15, -0.1) is 0 Å². The van der Waals surface area contributed by atoms with Crippen LogP contribution >= 0.6 is 11.2 Å². The molecular weight excluding hydrogens is 478 g/mol. The molecule has 11 nitrogen and oxygen atoms in total. The summed E-state index contributed by atoms with van der Waals surface area (Å²) in [6.45, 7) is 3.88. The van der Waals surface area contributed by atoms with Crippen molar-refractivity contribution in [3.05, 3.63) is 41.7 Å². The number of nitrogens with zero attached hydrogens (tertiary/aromatic N) is 3. The lowest BCUT2D eigenvalue weighted by atomic mass is 9.92. The zero-order valence-electron chi connectivity index (χ0n) is 19.5. The number of likely N-dealkylation sites (tertiary alicyclic amines) is 1. The Kier molecular flexibility index (Phi) is 8.29. The fraction of sp³-hybridized carbons (Fsp3) is 0.522. The van der Waals surface area contributed by atoms with Gasteiger partial charge in [0.2, 0.25) is 22.9 Å². The van der Waals surface area contributed by atoms with Crippen molar-refractivity contribution in [3.63, 3.8) is 0 Å². The van der Waals surface area contributed by atoms with Crippen LogP contribution in [0.25, 0.3) is 0 Å². The molecule has 2 aromatic rings.